The first-order valence-corrected chi connectivity index (χ1v) is 11.5. The lowest BCUT2D eigenvalue weighted by Crippen LogP contribution is -2.49. The fourth-order valence-electron chi connectivity index (χ4n) is 4.09. The van der Waals surface area contributed by atoms with Gasteiger partial charge >= 0.3 is 5.69 Å². The van der Waals surface area contributed by atoms with E-state index in [1.165, 1.54) is 0 Å². The number of nitrogens with one attached hydrogen (secondary N) is 1. The summed E-state index contributed by atoms with van der Waals surface area (Å²) in [5.74, 6) is 1.70. The number of aromatic nitrogens is 3. The van der Waals surface area contributed by atoms with Crippen molar-refractivity contribution in [2.24, 2.45) is 0 Å². The normalized spacial score (nSPS) is 13.8. The maximum absolute atomic E-state index is 13.1. The van der Waals surface area contributed by atoms with Crippen molar-refractivity contribution in [2.45, 2.75) is 26.8 Å². The number of ether oxygens (including phenoxy) is 2. The fraction of sp³-hybridized carbons (Fsp3) is 0.417. The van der Waals surface area contributed by atoms with Crippen LogP contribution >= 0.6 is 0 Å². The van der Waals surface area contributed by atoms with Crippen molar-refractivity contribution < 1.29 is 14.3 Å². The molecule has 0 bridgehead atoms. The smallest absolute Gasteiger partial charge is 0.328 e. The highest BCUT2D eigenvalue weighted by Gasteiger charge is 2.22. The van der Waals surface area contributed by atoms with Crippen LogP contribution in [0.3, 0.4) is 0 Å². The van der Waals surface area contributed by atoms with Gasteiger partial charge in [0.25, 0.3) is 5.56 Å². The van der Waals surface area contributed by atoms with E-state index < -0.39 is 11.2 Å². The zero-order valence-electron chi connectivity index (χ0n) is 19.5. The topological polar surface area (TPSA) is 110 Å². The Morgan fingerprint density at radius 1 is 1.03 bits per heavy atom. The molecule has 1 saturated heterocycles. The molecule has 1 aliphatic rings. The summed E-state index contributed by atoms with van der Waals surface area (Å²) in [6, 6.07) is 8.94. The lowest BCUT2D eigenvalue weighted by atomic mass is 10.2. The molecule has 0 unspecified atom stereocenters. The Hall–Kier alpha value is -3.82. The van der Waals surface area contributed by atoms with Crippen molar-refractivity contribution in [3.8, 4) is 11.5 Å². The summed E-state index contributed by atoms with van der Waals surface area (Å²) in [7, 11) is 0. The lowest BCUT2D eigenvalue weighted by molar-refractivity contribution is -0.131. The molecule has 180 valence electrons. The number of rotatable bonds is 8. The van der Waals surface area contributed by atoms with E-state index in [0.29, 0.717) is 61.8 Å². The van der Waals surface area contributed by atoms with E-state index in [0.717, 1.165) is 10.4 Å². The molecule has 10 nitrogen and oxygen atoms in total. The molecule has 10 heteroatoms. The Kier molecular flexibility index (Phi) is 7.15. The third kappa shape index (κ3) is 4.90. The Morgan fingerprint density at radius 2 is 1.74 bits per heavy atom. The molecular weight excluding hydrogens is 438 g/mol. The van der Waals surface area contributed by atoms with Crippen molar-refractivity contribution in [1.82, 2.24) is 19.4 Å². The number of piperazine rings is 1. The summed E-state index contributed by atoms with van der Waals surface area (Å²) in [4.78, 5) is 49.5. The van der Waals surface area contributed by atoms with Gasteiger partial charge in [0.1, 0.15) is 5.82 Å². The number of amides is 1. The van der Waals surface area contributed by atoms with Crippen LogP contribution in [-0.2, 0) is 11.3 Å². The van der Waals surface area contributed by atoms with E-state index in [1.807, 2.05) is 32.0 Å². The number of nitrogens with zero attached hydrogens (tertiary/aromatic N) is 4. The Morgan fingerprint density at radius 3 is 2.38 bits per heavy atom. The second kappa shape index (κ2) is 10.4. The predicted molar refractivity (Wildman–Crippen MR) is 129 cm³/mol. The average molecular weight is 468 g/mol. The number of carbonyl (C=O) groups is 1. The fourth-order valence-corrected chi connectivity index (χ4v) is 4.09. The number of H-pyrrole nitrogens is 1. The van der Waals surface area contributed by atoms with Crippen molar-refractivity contribution in [2.75, 3.05) is 44.3 Å². The summed E-state index contributed by atoms with van der Waals surface area (Å²) in [5.41, 5.74) is -0.650. The third-order valence-electron chi connectivity index (χ3n) is 5.80. The van der Waals surface area contributed by atoms with Crippen molar-refractivity contribution >= 4 is 22.6 Å². The molecule has 0 spiro atoms. The largest absolute Gasteiger partial charge is 0.490 e. The molecule has 1 amide bonds. The van der Waals surface area contributed by atoms with Gasteiger partial charge in [0.2, 0.25) is 5.91 Å². The van der Waals surface area contributed by atoms with Crippen molar-refractivity contribution in [1.29, 1.82) is 0 Å². The highest BCUT2D eigenvalue weighted by Crippen LogP contribution is 2.30. The monoisotopic (exact) mass is 467 g/mol. The zero-order valence-corrected chi connectivity index (χ0v) is 19.5. The number of fused-ring (bicyclic) bond motifs is 1. The summed E-state index contributed by atoms with van der Waals surface area (Å²) < 4.78 is 12.3. The summed E-state index contributed by atoms with van der Waals surface area (Å²) in [6.45, 7) is 7.01. The van der Waals surface area contributed by atoms with Crippen molar-refractivity contribution in [3.05, 3.63) is 57.4 Å². The van der Waals surface area contributed by atoms with Gasteiger partial charge in [0.15, 0.2) is 11.5 Å². The van der Waals surface area contributed by atoms with Gasteiger partial charge in [-0.15, -0.1) is 0 Å². The number of anilines is 1. The molecule has 0 aliphatic carbocycles. The van der Waals surface area contributed by atoms with E-state index in [-0.39, 0.29) is 18.9 Å². The number of benzene rings is 1. The summed E-state index contributed by atoms with van der Waals surface area (Å²) in [6.07, 6.45) is 1.81. The molecule has 4 rings (SSSR count). The molecule has 1 N–H and O–H groups in total. The third-order valence-corrected chi connectivity index (χ3v) is 5.80. The van der Waals surface area contributed by atoms with Gasteiger partial charge in [-0.25, -0.2) is 9.78 Å². The molecule has 1 aromatic carbocycles. The number of hydrogen-bond acceptors (Lipinski definition) is 7. The van der Waals surface area contributed by atoms with Crippen LogP contribution in [0.25, 0.3) is 10.9 Å². The van der Waals surface area contributed by atoms with E-state index in [4.69, 9.17) is 9.47 Å². The summed E-state index contributed by atoms with van der Waals surface area (Å²) >= 11 is 0. The molecule has 0 atom stereocenters. The molecule has 1 aliphatic heterocycles. The minimum absolute atomic E-state index is 0.000570. The quantitative estimate of drug-likeness (QED) is 0.536. The Labute approximate surface area is 196 Å². The van der Waals surface area contributed by atoms with Gasteiger partial charge in [-0.05, 0) is 32.0 Å². The molecule has 1 fully saturated rings. The van der Waals surface area contributed by atoms with Crippen LogP contribution in [0.1, 0.15) is 20.3 Å². The van der Waals surface area contributed by atoms with E-state index >= 15 is 0 Å². The van der Waals surface area contributed by atoms with Crippen molar-refractivity contribution in [3.63, 3.8) is 0 Å². The molecule has 0 saturated carbocycles. The van der Waals surface area contributed by atoms with Gasteiger partial charge in [0, 0.05) is 51.4 Å². The predicted octanol–water partition coefficient (Wildman–Crippen LogP) is 1.62. The first-order chi connectivity index (χ1) is 16.5. The summed E-state index contributed by atoms with van der Waals surface area (Å²) in [5, 5.41) is 0.308. The Bertz CT molecular complexity index is 1260. The maximum atomic E-state index is 13.1. The standard InChI is InChI=1S/C24H29N5O5/c1-3-33-19-15-17-18(16-20(19)34-4-2)26-24(32)29(23(17)31)10-8-22(30)28-13-11-27(12-14-28)21-7-5-6-9-25-21/h5-7,9,15-16H,3-4,8,10-14H2,1-2H3,(H,26,32). The number of carbonyl (C=O) groups excluding carboxylic acids is 1. The molecule has 3 aromatic rings. The minimum Gasteiger partial charge on any atom is -0.490 e. The van der Waals surface area contributed by atoms with Crippen LogP contribution in [-0.4, -0.2) is 64.7 Å². The van der Waals surface area contributed by atoms with Crippen LogP contribution in [0.15, 0.2) is 46.1 Å². The second-order valence-corrected chi connectivity index (χ2v) is 7.90. The maximum Gasteiger partial charge on any atom is 0.328 e. The van der Waals surface area contributed by atoms with E-state index in [1.54, 1.807) is 23.2 Å². The van der Waals surface area contributed by atoms with Crippen LogP contribution in [0.5, 0.6) is 11.5 Å². The number of pyridine rings is 1. The molecule has 0 radical (unpaired) electrons. The zero-order chi connectivity index (χ0) is 24.1. The first kappa shape index (κ1) is 23.3. The molecule has 2 aromatic heterocycles. The van der Waals surface area contributed by atoms with Gasteiger partial charge in [-0.3, -0.25) is 14.2 Å². The van der Waals surface area contributed by atoms with E-state index in [9.17, 15) is 14.4 Å². The van der Waals surface area contributed by atoms with Crippen LogP contribution in [0, 0.1) is 0 Å². The second-order valence-electron chi connectivity index (χ2n) is 7.90. The van der Waals surface area contributed by atoms with Crippen LogP contribution in [0.4, 0.5) is 5.82 Å². The number of hydrogen-bond donors (Lipinski definition) is 1. The Balaban J connectivity index is 1.46. The lowest BCUT2D eigenvalue weighted by Gasteiger charge is -2.35. The SMILES string of the molecule is CCOc1cc2[nH]c(=O)n(CCC(=O)N3CCN(c4ccccn4)CC3)c(=O)c2cc1OCC. The molecule has 3 heterocycles. The van der Waals surface area contributed by atoms with Gasteiger partial charge in [0.05, 0.1) is 24.1 Å². The van der Waals surface area contributed by atoms with Gasteiger partial charge in [-0.1, -0.05) is 6.07 Å². The highest BCUT2D eigenvalue weighted by atomic mass is 16.5. The minimum atomic E-state index is -0.558. The van der Waals surface area contributed by atoms with Gasteiger partial charge in [-0.2, -0.15) is 0 Å². The van der Waals surface area contributed by atoms with Crippen LogP contribution in [0.2, 0.25) is 0 Å². The average Bonchev–Trinajstić information content (AvgIpc) is 2.85. The molecule has 34 heavy (non-hydrogen) atoms. The van der Waals surface area contributed by atoms with E-state index in [2.05, 4.69) is 14.9 Å². The first-order valence-electron chi connectivity index (χ1n) is 11.5. The molecular formula is C24H29N5O5. The van der Waals surface area contributed by atoms with Crippen LogP contribution < -0.4 is 25.6 Å². The van der Waals surface area contributed by atoms with Gasteiger partial charge < -0.3 is 24.3 Å². The number of aromatic amines is 1. The highest BCUT2D eigenvalue weighted by molar-refractivity contribution is 5.82.